The zero-order valence-corrected chi connectivity index (χ0v) is 14.1. The van der Waals surface area contributed by atoms with Gasteiger partial charge in [-0.1, -0.05) is 30.3 Å². The summed E-state index contributed by atoms with van der Waals surface area (Å²) in [5, 5.41) is 6.15. The van der Waals surface area contributed by atoms with Crippen molar-refractivity contribution in [2.45, 2.75) is 19.3 Å². The minimum Gasteiger partial charge on any atom is -0.385 e. The Kier molecular flexibility index (Phi) is 7.77. The second-order valence-electron chi connectivity index (χ2n) is 5.55. The number of aromatic nitrogens is 1. The summed E-state index contributed by atoms with van der Waals surface area (Å²) in [6.07, 6.45) is 4.49. The van der Waals surface area contributed by atoms with E-state index >= 15 is 0 Å². The molecule has 0 unspecified atom stereocenters. The van der Waals surface area contributed by atoms with Gasteiger partial charge in [0.05, 0.1) is 0 Å². The highest BCUT2D eigenvalue weighted by molar-refractivity contribution is 5.94. The van der Waals surface area contributed by atoms with E-state index in [1.54, 1.807) is 25.4 Å². The smallest absolute Gasteiger partial charge is 0.251 e. The molecule has 2 aromatic rings. The van der Waals surface area contributed by atoms with E-state index in [1.165, 1.54) is 5.56 Å². The number of pyridine rings is 1. The summed E-state index contributed by atoms with van der Waals surface area (Å²) in [6.45, 7) is 2.07. The quantitative estimate of drug-likeness (QED) is 0.659. The molecule has 1 aromatic carbocycles. The van der Waals surface area contributed by atoms with E-state index in [0.717, 1.165) is 31.6 Å². The van der Waals surface area contributed by atoms with Crippen LogP contribution in [0, 0.1) is 0 Å². The third-order valence-electron chi connectivity index (χ3n) is 3.62. The molecule has 2 N–H and O–H groups in total. The monoisotopic (exact) mass is 327 g/mol. The summed E-state index contributed by atoms with van der Waals surface area (Å²) in [6, 6.07) is 13.9. The number of hydrogen-bond acceptors (Lipinski definition) is 4. The molecule has 0 atom stereocenters. The average Bonchev–Trinajstić information content (AvgIpc) is 2.63. The molecule has 2 rings (SSSR count). The highest BCUT2D eigenvalue weighted by Crippen LogP contribution is 2.08. The van der Waals surface area contributed by atoms with Gasteiger partial charge in [-0.25, -0.2) is 4.98 Å². The summed E-state index contributed by atoms with van der Waals surface area (Å²) in [5.74, 6) is 0.647. The fraction of sp³-hybridized carbons (Fsp3) is 0.368. The Balaban J connectivity index is 1.74. The number of nitrogens with one attached hydrogen (secondary N) is 2. The number of ether oxygens (including phenoxy) is 1. The largest absolute Gasteiger partial charge is 0.385 e. The number of amides is 1. The fourth-order valence-corrected chi connectivity index (χ4v) is 2.34. The van der Waals surface area contributed by atoms with Crippen molar-refractivity contribution in [2.24, 2.45) is 0 Å². The molecule has 5 heteroatoms. The van der Waals surface area contributed by atoms with E-state index in [-0.39, 0.29) is 5.91 Å². The van der Waals surface area contributed by atoms with Gasteiger partial charge in [0.1, 0.15) is 5.82 Å². The molecule has 0 saturated carbocycles. The van der Waals surface area contributed by atoms with E-state index < -0.39 is 0 Å². The third-order valence-corrected chi connectivity index (χ3v) is 3.62. The van der Waals surface area contributed by atoms with Crippen molar-refractivity contribution < 1.29 is 9.53 Å². The first-order valence-corrected chi connectivity index (χ1v) is 8.30. The molecule has 24 heavy (non-hydrogen) atoms. The van der Waals surface area contributed by atoms with Gasteiger partial charge in [-0.15, -0.1) is 0 Å². The number of anilines is 1. The summed E-state index contributed by atoms with van der Waals surface area (Å²) in [4.78, 5) is 16.3. The maximum absolute atomic E-state index is 12.1. The Morgan fingerprint density at radius 1 is 1.12 bits per heavy atom. The Bertz CT molecular complexity index is 617. The van der Waals surface area contributed by atoms with Gasteiger partial charge < -0.3 is 15.4 Å². The second-order valence-corrected chi connectivity index (χ2v) is 5.55. The third kappa shape index (κ3) is 6.38. The highest BCUT2D eigenvalue weighted by Gasteiger charge is 2.06. The standard InChI is InChI=1S/C19H25N3O2/c1-24-14-6-12-22-19(23)17-10-13-21-18(15-17)20-11-5-9-16-7-3-2-4-8-16/h2-4,7-8,10,13,15H,5-6,9,11-12,14H2,1H3,(H,20,21)(H,22,23). The van der Waals surface area contributed by atoms with Crippen molar-refractivity contribution in [1.29, 1.82) is 0 Å². The molecule has 0 radical (unpaired) electrons. The fourth-order valence-electron chi connectivity index (χ4n) is 2.34. The summed E-state index contributed by atoms with van der Waals surface area (Å²) in [7, 11) is 1.65. The van der Waals surface area contributed by atoms with Crippen molar-refractivity contribution >= 4 is 11.7 Å². The van der Waals surface area contributed by atoms with Crippen molar-refractivity contribution in [2.75, 3.05) is 32.1 Å². The Morgan fingerprint density at radius 3 is 2.75 bits per heavy atom. The molecule has 1 aromatic heterocycles. The van der Waals surface area contributed by atoms with Crippen LogP contribution in [0.2, 0.25) is 0 Å². The average molecular weight is 327 g/mol. The van der Waals surface area contributed by atoms with Crippen LogP contribution in [0.1, 0.15) is 28.8 Å². The van der Waals surface area contributed by atoms with Crippen LogP contribution in [0.5, 0.6) is 0 Å². The Morgan fingerprint density at radius 2 is 1.96 bits per heavy atom. The number of nitrogens with zero attached hydrogens (tertiary/aromatic N) is 1. The second kappa shape index (κ2) is 10.4. The van der Waals surface area contributed by atoms with Gasteiger partial charge in [0.15, 0.2) is 0 Å². The van der Waals surface area contributed by atoms with Gasteiger partial charge in [-0.3, -0.25) is 4.79 Å². The Labute approximate surface area is 143 Å². The molecule has 0 fully saturated rings. The van der Waals surface area contributed by atoms with E-state index in [9.17, 15) is 4.79 Å². The van der Waals surface area contributed by atoms with Crippen molar-refractivity contribution in [3.63, 3.8) is 0 Å². The summed E-state index contributed by atoms with van der Waals surface area (Å²) in [5.41, 5.74) is 1.95. The van der Waals surface area contributed by atoms with Gasteiger partial charge in [-0.05, 0) is 37.0 Å². The molecule has 5 nitrogen and oxygen atoms in total. The van der Waals surface area contributed by atoms with E-state index in [2.05, 4.69) is 39.9 Å². The zero-order valence-electron chi connectivity index (χ0n) is 14.1. The SMILES string of the molecule is COCCCNC(=O)c1ccnc(NCCCc2ccccc2)c1. The number of aryl methyl sites for hydroxylation is 1. The molecule has 0 aliphatic rings. The maximum atomic E-state index is 12.1. The predicted octanol–water partition coefficient (Wildman–Crippen LogP) is 2.89. The number of carbonyl (C=O) groups excluding carboxylic acids is 1. The van der Waals surface area contributed by atoms with Crippen molar-refractivity contribution in [3.05, 3.63) is 59.8 Å². The van der Waals surface area contributed by atoms with Crippen LogP contribution in [0.25, 0.3) is 0 Å². The van der Waals surface area contributed by atoms with Crippen LogP contribution >= 0.6 is 0 Å². The lowest BCUT2D eigenvalue weighted by Crippen LogP contribution is -2.25. The molecule has 1 heterocycles. The lowest BCUT2D eigenvalue weighted by atomic mass is 10.1. The first-order chi connectivity index (χ1) is 11.8. The molecule has 1 amide bonds. The predicted molar refractivity (Wildman–Crippen MR) is 96.3 cm³/mol. The first kappa shape index (κ1) is 17.9. The number of hydrogen-bond donors (Lipinski definition) is 2. The number of carbonyl (C=O) groups is 1. The van der Waals surface area contributed by atoms with E-state index in [1.807, 2.05) is 6.07 Å². The minimum atomic E-state index is -0.0826. The normalized spacial score (nSPS) is 10.4. The molecular formula is C19H25N3O2. The van der Waals surface area contributed by atoms with Gasteiger partial charge >= 0.3 is 0 Å². The molecule has 0 bridgehead atoms. The van der Waals surface area contributed by atoms with Crippen molar-refractivity contribution in [1.82, 2.24) is 10.3 Å². The van der Waals surface area contributed by atoms with Gasteiger partial charge in [-0.2, -0.15) is 0 Å². The minimum absolute atomic E-state index is 0.0826. The lowest BCUT2D eigenvalue weighted by Gasteiger charge is -2.08. The van der Waals surface area contributed by atoms with Crippen LogP contribution < -0.4 is 10.6 Å². The highest BCUT2D eigenvalue weighted by atomic mass is 16.5. The molecular weight excluding hydrogens is 302 g/mol. The first-order valence-electron chi connectivity index (χ1n) is 8.30. The number of rotatable bonds is 10. The summed E-state index contributed by atoms with van der Waals surface area (Å²) >= 11 is 0. The zero-order chi connectivity index (χ0) is 17.0. The van der Waals surface area contributed by atoms with Crippen LogP contribution in [0.4, 0.5) is 5.82 Å². The molecule has 0 aliphatic carbocycles. The van der Waals surface area contributed by atoms with Crippen LogP contribution in [-0.2, 0) is 11.2 Å². The lowest BCUT2D eigenvalue weighted by molar-refractivity contribution is 0.0948. The van der Waals surface area contributed by atoms with Gasteiger partial charge in [0, 0.05) is 38.6 Å². The van der Waals surface area contributed by atoms with Gasteiger partial charge in [0.25, 0.3) is 5.91 Å². The molecule has 0 aliphatic heterocycles. The van der Waals surface area contributed by atoms with E-state index in [0.29, 0.717) is 18.7 Å². The van der Waals surface area contributed by atoms with E-state index in [4.69, 9.17) is 4.74 Å². The van der Waals surface area contributed by atoms with Crippen LogP contribution in [0.15, 0.2) is 48.7 Å². The maximum Gasteiger partial charge on any atom is 0.251 e. The number of methoxy groups -OCH3 is 1. The Hall–Kier alpha value is -2.40. The van der Waals surface area contributed by atoms with Crippen molar-refractivity contribution in [3.8, 4) is 0 Å². The number of benzene rings is 1. The molecule has 128 valence electrons. The topological polar surface area (TPSA) is 63.2 Å². The molecule has 0 saturated heterocycles. The molecule has 0 spiro atoms. The van der Waals surface area contributed by atoms with Crippen LogP contribution in [-0.4, -0.2) is 37.7 Å². The van der Waals surface area contributed by atoms with Gasteiger partial charge in [0.2, 0.25) is 0 Å². The summed E-state index contributed by atoms with van der Waals surface area (Å²) < 4.78 is 4.96. The van der Waals surface area contributed by atoms with Crippen LogP contribution in [0.3, 0.4) is 0 Å².